The van der Waals surface area contributed by atoms with Crippen LogP contribution in [0, 0.1) is 5.92 Å². The fourth-order valence-electron chi connectivity index (χ4n) is 1.21. The van der Waals surface area contributed by atoms with Gasteiger partial charge in [0.15, 0.2) is 0 Å². The Morgan fingerprint density at radius 1 is 1.57 bits per heavy atom. The van der Waals surface area contributed by atoms with Crippen molar-refractivity contribution in [3.63, 3.8) is 0 Å². The molecule has 0 bridgehead atoms. The van der Waals surface area contributed by atoms with Crippen LogP contribution in [0.15, 0.2) is 24.8 Å². The molecule has 0 aliphatic heterocycles. The molecule has 0 aromatic heterocycles. The third kappa shape index (κ3) is 5.57. The van der Waals surface area contributed by atoms with Crippen LogP contribution in [0.2, 0.25) is 0 Å². The van der Waals surface area contributed by atoms with Crippen molar-refractivity contribution in [1.82, 2.24) is 0 Å². The molecule has 2 heteroatoms. The average Bonchev–Trinajstić information content (AvgIpc) is 2.15. The Morgan fingerprint density at radius 2 is 2.21 bits per heavy atom. The predicted octanol–water partition coefficient (Wildman–Crippen LogP) is 3.10. The molecule has 0 aliphatic carbocycles. The lowest BCUT2D eigenvalue weighted by Gasteiger charge is -2.11. The third-order valence-corrected chi connectivity index (χ3v) is 1.99. The number of hydrogen-bond donors (Lipinski definition) is 0. The van der Waals surface area contributed by atoms with E-state index in [2.05, 4.69) is 13.2 Å². The number of carbonyl (C=O) groups excluding carboxylic acids is 1. The molecule has 0 radical (unpaired) electrons. The van der Waals surface area contributed by atoms with Crippen molar-refractivity contribution in [2.45, 2.75) is 33.1 Å². The van der Waals surface area contributed by atoms with Crippen molar-refractivity contribution < 1.29 is 9.53 Å². The number of allylic oxidation sites excluding steroid dienone is 2. The van der Waals surface area contributed by atoms with E-state index in [9.17, 15) is 4.79 Å². The monoisotopic (exact) mass is 196 g/mol. The van der Waals surface area contributed by atoms with E-state index in [1.165, 1.54) is 0 Å². The fraction of sp³-hybridized carbons (Fsp3) is 0.583. The van der Waals surface area contributed by atoms with Gasteiger partial charge in [0, 0.05) is 0 Å². The maximum absolute atomic E-state index is 11.3. The summed E-state index contributed by atoms with van der Waals surface area (Å²) in [7, 11) is 0. The number of carbonyl (C=O) groups is 1. The first kappa shape index (κ1) is 12.9. The normalized spacial score (nSPS) is 11.9. The van der Waals surface area contributed by atoms with Crippen molar-refractivity contribution in [3.05, 3.63) is 24.8 Å². The van der Waals surface area contributed by atoms with Crippen LogP contribution in [-0.2, 0) is 9.53 Å². The van der Waals surface area contributed by atoms with Crippen molar-refractivity contribution in [1.29, 1.82) is 0 Å². The van der Waals surface area contributed by atoms with Crippen LogP contribution < -0.4 is 0 Å². The Bertz CT molecular complexity index is 206. The second-order valence-corrected chi connectivity index (χ2v) is 3.43. The van der Waals surface area contributed by atoms with Gasteiger partial charge in [-0.25, -0.2) is 0 Å². The molecule has 14 heavy (non-hydrogen) atoms. The summed E-state index contributed by atoms with van der Waals surface area (Å²) in [6.45, 7) is 11.7. The molecule has 0 saturated carbocycles. The topological polar surface area (TPSA) is 26.3 Å². The fourth-order valence-corrected chi connectivity index (χ4v) is 1.21. The van der Waals surface area contributed by atoms with Crippen LogP contribution >= 0.6 is 0 Å². The summed E-state index contributed by atoms with van der Waals surface area (Å²) in [6.07, 6.45) is 4.41. The van der Waals surface area contributed by atoms with Gasteiger partial charge < -0.3 is 4.74 Å². The minimum atomic E-state index is -0.132. The van der Waals surface area contributed by atoms with Crippen LogP contribution in [-0.4, -0.2) is 12.6 Å². The first-order valence-electron chi connectivity index (χ1n) is 5.06. The van der Waals surface area contributed by atoms with Crippen LogP contribution in [0.1, 0.15) is 33.1 Å². The van der Waals surface area contributed by atoms with Crippen LogP contribution in [0.3, 0.4) is 0 Å². The minimum Gasteiger partial charge on any atom is -0.466 e. The van der Waals surface area contributed by atoms with Crippen molar-refractivity contribution in [2.75, 3.05) is 6.61 Å². The second-order valence-electron chi connectivity index (χ2n) is 3.43. The molecule has 2 nitrogen and oxygen atoms in total. The maximum Gasteiger partial charge on any atom is 0.308 e. The number of rotatable bonds is 7. The van der Waals surface area contributed by atoms with Crippen LogP contribution in [0.25, 0.3) is 0 Å². The highest BCUT2D eigenvalue weighted by atomic mass is 16.5. The average molecular weight is 196 g/mol. The Kier molecular flexibility index (Phi) is 6.81. The summed E-state index contributed by atoms with van der Waals surface area (Å²) >= 11 is 0. The summed E-state index contributed by atoms with van der Waals surface area (Å²) in [5.41, 5.74) is 1.09. The summed E-state index contributed by atoms with van der Waals surface area (Å²) in [5.74, 6) is -0.209. The van der Waals surface area contributed by atoms with E-state index >= 15 is 0 Å². The van der Waals surface area contributed by atoms with E-state index in [4.69, 9.17) is 4.74 Å². The van der Waals surface area contributed by atoms with Gasteiger partial charge in [-0.3, -0.25) is 4.79 Å². The largest absolute Gasteiger partial charge is 0.466 e. The van der Waals surface area contributed by atoms with Gasteiger partial charge in [-0.05, 0) is 26.2 Å². The Labute approximate surface area is 86.6 Å². The zero-order valence-electron chi connectivity index (χ0n) is 9.21. The highest BCUT2D eigenvalue weighted by Crippen LogP contribution is 2.15. The molecule has 0 rings (SSSR count). The smallest absolute Gasteiger partial charge is 0.308 e. The van der Waals surface area contributed by atoms with Gasteiger partial charge in [0.05, 0.1) is 12.5 Å². The van der Waals surface area contributed by atoms with E-state index in [0.717, 1.165) is 18.4 Å². The van der Waals surface area contributed by atoms with E-state index in [1.807, 2.05) is 19.9 Å². The number of hydrogen-bond acceptors (Lipinski definition) is 2. The third-order valence-electron chi connectivity index (χ3n) is 1.99. The minimum absolute atomic E-state index is 0.0766. The lowest BCUT2D eigenvalue weighted by atomic mass is 9.99. The molecule has 1 atom stereocenters. The molecule has 0 heterocycles. The summed E-state index contributed by atoms with van der Waals surface area (Å²) < 4.78 is 4.91. The van der Waals surface area contributed by atoms with Gasteiger partial charge in [0.2, 0.25) is 0 Å². The zero-order chi connectivity index (χ0) is 11.0. The van der Waals surface area contributed by atoms with Gasteiger partial charge in [0.1, 0.15) is 0 Å². The molecule has 0 saturated heterocycles. The highest BCUT2D eigenvalue weighted by Gasteiger charge is 2.14. The molecule has 0 aliphatic rings. The van der Waals surface area contributed by atoms with Crippen LogP contribution in [0.5, 0.6) is 0 Å². The standard InChI is InChI=1S/C12H20O2/c1-5-7-8-10(3)9-11(4)12(13)14-6-2/h5,11H,1,3,6-9H2,2,4H3. The lowest BCUT2D eigenvalue weighted by molar-refractivity contribution is -0.147. The van der Waals surface area contributed by atoms with E-state index < -0.39 is 0 Å². The van der Waals surface area contributed by atoms with E-state index in [1.54, 1.807) is 0 Å². The number of esters is 1. The molecular weight excluding hydrogens is 176 g/mol. The van der Waals surface area contributed by atoms with E-state index in [0.29, 0.717) is 13.0 Å². The Morgan fingerprint density at radius 3 is 2.71 bits per heavy atom. The first-order chi connectivity index (χ1) is 6.61. The molecule has 80 valence electrons. The Balaban J connectivity index is 3.80. The molecule has 0 spiro atoms. The molecule has 0 aromatic carbocycles. The summed E-state index contributed by atoms with van der Waals surface area (Å²) in [4.78, 5) is 11.3. The maximum atomic E-state index is 11.3. The molecule has 0 fully saturated rings. The van der Waals surface area contributed by atoms with Gasteiger partial charge >= 0.3 is 5.97 Å². The van der Waals surface area contributed by atoms with Crippen molar-refractivity contribution in [3.8, 4) is 0 Å². The number of ether oxygens (including phenoxy) is 1. The highest BCUT2D eigenvalue weighted by molar-refractivity contribution is 5.72. The van der Waals surface area contributed by atoms with Crippen molar-refractivity contribution >= 4 is 5.97 Å². The van der Waals surface area contributed by atoms with Gasteiger partial charge in [-0.2, -0.15) is 0 Å². The summed E-state index contributed by atoms with van der Waals surface area (Å²) in [6, 6.07) is 0. The molecule has 0 N–H and O–H groups in total. The predicted molar refractivity (Wildman–Crippen MR) is 59.0 cm³/mol. The molecule has 0 aromatic rings. The Hall–Kier alpha value is -1.05. The SMILES string of the molecule is C=CCCC(=C)CC(C)C(=O)OCC. The molecule has 0 amide bonds. The molecule has 1 unspecified atom stereocenters. The van der Waals surface area contributed by atoms with E-state index in [-0.39, 0.29) is 11.9 Å². The lowest BCUT2D eigenvalue weighted by Crippen LogP contribution is -2.15. The van der Waals surface area contributed by atoms with Gasteiger partial charge in [-0.1, -0.05) is 25.2 Å². The van der Waals surface area contributed by atoms with Crippen LogP contribution in [0.4, 0.5) is 0 Å². The zero-order valence-corrected chi connectivity index (χ0v) is 9.21. The summed E-state index contributed by atoms with van der Waals surface area (Å²) in [5, 5.41) is 0. The van der Waals surface area contributed by atoms with Gasteiger partial charge in [0.25, 0.3) is 0 Å². The quantitative estimate of drug-likeness (QED) is 0.462. The second kappa shape index (κ2) is 7.36. The van der Waals surface area contributed by atoms with Gasteiger partial charge in [-0.15, -0.1) is 6.58 Å². The first-order valence-corrected chi connectivity index (χ1v) is 5.06. The molecular formula is C12H20O2. The van der Waals surface area contributed by atoms with Crippen molar-refractivity contribution in [2.24, 2.45) is 5.92 Å².